The number of anilines is 1. The third kappa shape index (κ3) is 5.04. The second kappa shape index (κ2) is 10.1. The van der Waals surface area contributed by atoms with Gasteiger partial charge in [0.25, 0.3) is 0 Å². The monoisotopic (exact) mass is 469 g/mol. The van der Waals surface area contributed by atoms with Crippen LogP contribution in [0.3, 0.4) is 0 Å². The van der Waals surface area contributed by atoms with Crippen molar-refractivity contribution >= 4 is 33.5 Å². The lowest BCUT2D eigenvalue weighted by Gasteiger charge is -2.22. The molecule has 2 aromatic heterocycles. The van der Waals surface area contributed by atoms with E-state index in [1.807, 2.05) is 17.5 Å². The van der Waals surface area contributed by atoms with E-state index in [1.54, 1.807) is 0 Å². The summed E-state index contributed by atoms with van der Waals surface area (Å²) in [6.07, 6.45) is 5.26. The predicted octanol–water partition coefficient (Wildman–Crippen LogP) is 5.75. The summed E-state index contributed by atoms with van der Waals surface area (Å²) in [5.74, 6) is 0. The second-order valence-electron chi connectivity index (χ2n) is 9.25. The van der Waals surface area contributed by atoms with Crippen molar-refractivity contribution in [3.05, 3.63) is 82.9 Å². The van der Waals surface area contributed by atoms with E-state index in [9.17, 15) is 0 Å². The molecule has 0 atom stereocenters. The normalized spacial score (nSPS) is 14.5. The fourth-order valence-corrected chi connectivity index (χ4v) is 5.48. The number of hydrogen-bond donors (Lipinski definition) is 1. The SMILES string of the molecule is CN(C)Cc1ccccc1-c1ccc(CNc2cnnc3ccc(C4=CCN(C)CC4)cc23)s1. The molecule has 0 unspecified atom stereocenters. The molecule has 0 fully saturated rings. The molecule has 6 heteroatoms. The average molecular weight is 470 g/mol. The van der Waals surface area contributed by atoms with Gasteiger partial charge in [-0.05, 0) is 74.1 Å². The van der Waals surface area contributed by atoms with E-state index in [1.165, 1.54) is 32.0 Å². The first-order valence-corrected chi connectivity index (χ1v) is 12.6. The zero-order valence-electron chi connectivity index (χ0n) is 20.1. The largest absolute Gasteiger partial charge is 0.378 e. The maximum atomic E-state index is 4.35. The van der Waals surface area contributed by atoms with Crippen molar-refractivity contribution in [3.8, 4) is 10.4 Å². The maximum Gasteiger partial charge on any atom is 0.0950 e. The van der Waals surface area contributed by atoms with Crippen LogP contribution in [0.2, 0.25) is 0 Å². The zero-order chi connectivity index (χ0) is 23.5. The molecular weight excluding hydrogens is 438 g/mol. The Morgan fingerprint density at radius 2 is 1.97 bits per heavy atom. The summed E-state index contributed by atoms with van der Waals surface area (Å²) in [5.41, 5.74) is 7.33. The van der Waals surface area contributed by atoms with Crippen molar-refractivity contribution in [1.29, 1.82) is 0 Å². The van der Waals surface area contributed by atoms with E-state index < -0.39 is 0 Å². The fraction of sp³-hybridized carbons (Fsp3) is 0.286. The van der Waals surface area contributed by atoms with Crippen LogP contribution in [0.1, 0.15) is 22.4 Å². The maximum absolute atomic E-state index is 4.35. The molecule has 0 amide bonds. The highest BCUT2D eigenvalue weighted by Crippen LogP contribution is 2.33. The van der Waals surface area contributed by atoms with Crippen molar-refractivity contribution < 1.29 is 0 Å². The van der Waals surface area contributed by atoms with Crippen LogP contribution in [-0.4, -0.2) is 54.2 Å². The minimum Gasteiger partial charge on any atom is -0.378 e. The number of nitrogens with zero attached hydrogens (tertiary/aromatic N) is 4. The van der Waals surface area contributed by atoms with Gasteiger partial charge in [-0.25, -0.2) is 0 Å². The van der Waals surface area contributed by atoms with Gasteiger partial charge in [-0.15, -0.1) is 11.3 Å². The van der Waals surface area contributed by atoms with E-state index in [0.717, 1.165) is 49.2 Å². The molecule has 0 bridgehead atoms. The van der Waals surface area contributed by atoms with E-state index in [4.69, 9.17) is 0 Å². The minimum atomic E-state index is 0.763. The molecule has 2 aromatic carbocycles. The van der Waals surface area contributed by atoms with Gasteiger partial charge in [-0.1, -0.05) is 36.4 Å². The Balaban J connectivity index is 1.36. The van der Waals surface area contributed by atoms with Crippen LogP contribution < -0.4 is 5.32 Å². The van der Waals surface area contributed by atoms with E-state index in [2.05, 4.69) is 107 Å². The number of fused-ring (bicyclic) bond motifs is 1. The van der Waals surface area contributed by atoms with Crippen molar-refractivity contribution in [2.45, 2.75) is 19.5 Å². The highest BCUT2D eigenvalue weighted by atomic mass is 32.1. The van der Waals surface area contributed by atoms with Gasteiger partial charge in [-0.3, -0.25) is 0 Å². The molecular formula is C28H31N5S. The molecule has 3 heterocycles. The Bertz CT molecular complexity index is 1320. The summed E-state index contributed by atoms with van der Waals surface area (Å²) in [6.45, 7) is 3.80. The standard InChI is InChI=1S/C28H31N5S/c1-32(2)19-22-6-4-5-7-24(22)28-11-9-23(34-28)17-29-27-18-30-31-26-10-8-21(16-25(26)27)20-12-14-33(3)15-13-20/h4-12,16,18H,13-15,17,19H2,1-3H3,(H,29,31). The molecule has 1 aliphatic heterocycles. The van der Waals surface area contributed by atoms with Gasteiger partial charge in [0, 0.05) is 41.3 Å². The van der Waals surface area contributed by atoms with Gasteiger partial charge in [0.1, 0.15) is 0 Å². The summed E-state index contributed by atoms with van der Waals surface area (Å²) in [5, 5.41) is 13.3. The molecule has 0 aliphatic carbocycles. The van der Waals surface area contributed by atoms with Gasteiger partial charge in [0.05, 0.1) is 17.4 Å². The lowest BCUT2D eigenvalue weighted by Crippen LogP contribution is -2.23. The molecule has 5 rings (SSSR count). The smallest absolute Gasteiger partial charge is 0.0950 e. The lowest BCUT2D eigenvalue weighted by molar-refractivity contribution is 0.370. The van der Waals surface area contributed by atoms with Gasteiger partial charge in [-0.2, -0.15) is 10.2 Å². The first-order chi connectivity index (χ1) is 16.6. The third-order valence-corrected chi connectivity index (χ3v) is 7.42. The Kier molecular flexibility index (Phi) is 6.72. The summed E-state index contributed by atoms with van der Waals surface area (Å²) in [7, 11) is 6.40. The van der Waals surface area contributed by atoms with Crippen molar-refractivity contribution in [2.75, 3.05) is 39.5 Å². The van der Waals surface area contributed by atoms with Gasteiger partial charge < -0.3 is 15.1 Å². The number of likely N-dealkylation sites (N-methyl/N-ethyl adjacent to an activating group) is 1. The molecule has 5 nitrogen and oxygen atoms in total. The number of benzene rings is 2. The molecule has 4 aromatic rings. The van der Waals surface area contributed by atoms with Crippen LogP contribution in [0.5, 0.6) is 0 Å². The van der Waals surface area contributed by atoms with E-state index in [0.29, 0.717) is 0 Å². The predicted molar refractivity (Wildman–Crippen MR) is 144 cm³/mol. The van der Waals surface area contributed by atoms with Crippen LogP contribution in [0.25, 0.3) is 26.9 Å². The molecule has 1 aliphatic rings. The number of thiophene rings is 1. The molecule has 174 valence electrons. The third-order valence-electron chi connectivity index (χ3n) is 6.31. The van der Waals surface area contributed by atoms with Crippen molar-refractivity contribution in [3.63, 3.8) is 0 Å². The van der Waals surface area contributed by atoms with Crippen molar-refractivity contribution in [1.82, 2.24) is 20.0 Å². The van der Waals surface area contributed by atoms with Crippen molar-refractivity contribution in [2.24, 2.45) is 0 Å². The number of nitrogens with one attached hydrogen (secondary N) is 1. The molecule has 0 saturated carbocycles. The van der Waals surface area contributed by atoms with Crippen LogP contribution in [0, 0.1) is 0 Å². The lowest BCUT2D eigenvalue weighted by atomic mass is 9.98. The number of hydrogen-bond acceptors (Lipinski definition) is 6. The number of aromatic nitrogens is 2. The topological polar surface area (TPSA) is 44.3 Å². The Morgan fingerprint density at radius 1 is 1.09 bits per heavy atom. The van der Waals surface area contributed by atoms with Crippen LogP contribution in [0.15, 0.2) is 66.9 Å². The fourth-order valence-electron chi connectivity index (χ4n) is 4.47. The van der Waals surface area contributed by atoms with Crippen LogP contribution in [0.4, 0.5) is 5.69 Å². The summed E-state index contributed by atoms with van der Waals surface area (Å²) in [6, 6.07) is 19.7. The van der Waals surface area contributed by atoms with E-state index in [-0.39, 0.29) is 0 Å². The second-order valence-corrected chi connectivity index (χ2v) is 10.4. The van der Waals surface area contributed by atoms with E-state index >= 15 is 0 Å². The Morgan fingerprint density at radius 3 is 2.79 bits per heavy atom. The van der Waals surface area contributed by atoms with Crippen LogP contribution >= 0.6 is 11.3 Å². The molecule has 0 saturated heterocycles. The summed E-state index contributed by atoms with van der Waals surface area (Å²) in [4.78, 5) is 7.17. The van der Waals surface area contributed by atoms with Gasteiger partial charge in [0.2, 0.25) is 0 Å². The zero-order valence-corrected chi connectivity index (χ0v) is 20.9. The summed E-state index contributed by atoms with van der Waals surface area (Å²) < 4.78 is 0. The first-order valence-electron chi connectivity index (χ1n) is 11.8. The highest BCUT2D eigenvalue weighted by molar-refractivity contribution is 7.15. The highest BCUT2D eigenvalue weighted by Gasteiger charge is 2.13. The summed E-state index contributed by atoms with van der Waals surface area (Å²) >= 11 is 1.85. The number of rotatable bonds is 7. The van der Waals surface area contributed by atoms with Crippen LogP contribution in [-0.2, 0) is 13.1 Å². The minimum absolute atomic E-state index is 0.763. The molecule has 1 N–H and O–H groups in total. The molecule has 0 radical (unpaired) electrons. The Hall–Kier alpha value is -3.06. The molecule has 34 heavy (non-hydrogen) atoms. The first kappa shape index (κ1) is 22.7. The average Bonchev–Trinajstić information content (AvgIpc) is 3.32. The molecule has 0 spiro atoms. The van der Waals surface area contributed by atoms with Gasteiger partial charge >= 0.3 is 0 Å². The van der Waals surface area contributed by atoms with Gasteiger partial charge in [0.15, 0.2) is 0 Å². The Labute approximate surface area is 205 Å². The quantitative estimate of drug-likeness (QED) is 0.373.